The van der Waals surface area contributed by atoms with Crippen molar-refractivity contribution in [1.82, 2.24) is 10.2 Å². The van der Waals surface area contributed by atoms with Crippen molar-refractivity contribution >= 4 is 28.1 Å². The molecule has 1 aromatic heterocycles. The van der Waals surface area contributed by atoms with E-state index >= 15 is 0 Å². The van der Waals surface area contributed by atoms with Crippen molar-refractivity contribution in [2.75, 3.05) is 5.73 Å². The summed E-state index contributed by atoms with van der Waals surface area (Å²) in [7, 11) is 0. The Morgan fingerprint density at radius 1 is 1.36 bits per heavy atom. The summed E-state index contributed by atoms with van der Waals surface area (Å²) < 4.78 is 13.4. The fourth-order valence-corrected chi connectivity index (χ4v) is 2.02. The lowest BCUT2D eigenvalue weighted by molar-refractivity contribution is 0.631. The highest BCUT2D eigenvalue weighted by atomic mass is 35.5. The Kier molecular flexibility index (Phi) is 2.35. The Balaban J connectivity index is 2.61. The molecular formula is C8H5ClFN3S. The molecule has 0 spiro atoms. The molecule has 6 heteroatoms. The molecule has 0 amide bonds. The van der Waals surface area contributed by atoms with E-state index in [9.17, 15) is 4.39 Å². The normalized spacial score (nSPS) is 10.4. The van der Waals surface area contributed by atoms with Crippen LogP contribution < -0.4 is 5.73 Å². The van der Waals surface area contributed by atoms with Crippen LogP contribution >= 0.6 is 22.9 Å². The molecule has 72 valence electrons. The molecule has 0 fully saturated rings. The second-order valence-corrected chi connectivity index (χ2v) is 3.96. The molecule has 0 aliphatic carbocycles. The molecule has 1 aromatic carbocycles. The predicted molar refractivity (Wildman–Crippen MR) is 54.7 cm³/mol. The number of nitrogens with zero attached hydrogens (tertiary/aromatic N) is 2. The van der Waals surface area contributed by atoms with Gasteiger partial charge in [0.2, 0.25) is 5.13 Å². The molecule has 0 aliphatic heterocycles. The summed E-state index contributed by atoms with van der Waals surface area (Å²) in [5, 5.41) is 8.31. The third-order valence-electron chi connectivity index (χ3n) is 1.62. The molecular weight excluding hydrogens is 225 g/mol. The molecule has 1 heterocycles. The van der Waals surface area contributed by atoms with Crippen LogP contribution in [0.2, 0.25) is 5.02 Å². The summed E-state index contributed by atoms with van der Waals surface area (Å²) in [6.07, 6.45) is 0. The third-order valence-corrected chi connectivity index (χ3v) is 2.70. The molecule has 0 saturated heterocycles. The lowest BCUT2D eigenvalue weighted by Crippen LogP contribution is -1.84. The second-order valence-electron chi connectivity index (χ2n) is 2.54. The number of nitrogens with two attached hydrogens (primary N) is 1. The highest BCUT2D eigenvalue weighted by molar-refractivity contribution is 7.18. The average Bonchev–Trinajstić information content (AvgIpc) is 2.51. The average molecular weight is 230 g/mol. The van der Waals surface area contributed by atoms with Gasteiger partial charge in [0.1, 0.15) is 5.82 Å². The van der Waals surface area contributed by atoms with Crippen LogP contribution in [0, 0.1) is 5.82 Å². The minimum atomic E-state index is -0.423. The number of halogens is 2. The summed E-state index contributed by atoms with van der Waals surface area (Å²) in [5.74, 6) is -0.423. The van der Waals surface area contributed by atoms with Crippen LogP contribution in [0.5, 0.6) is 0 Å². The van der Waals surface area contributed by atoms with Gasteiger partial charge in [0.15, 0.2) is 5.01 Å². The van der Waals surface area contributed by atoms with Crippen molar-refractivity contribution in [3.05, 3.63) is 29.0 Å². The van der Waals surface area contributed by atoms with Gasteiger partial charge in [0.25, 0.3) is 0 Å². The monoisotopic (exact) mass is 229 g/mol. The van der Waals surface area contributed by atoms with Crippen LogP contribution in [0.25, 0.3) is 10.6 Å². The van der Waals surface area contributed by atoms with Gasteiger partial charge in [-0.15, -0.1) is 10.2 Å². The van der Waals surface area contributed by atoms with E-state index < -0.39 is 5.82 Å². The topological polar surface area (TPSA) is 51.8 Å². The van der Waals surface area contributed by atoms with Crippen LogP contribution in [0.15, 0.2) is 18.2 Å². The van der Waals surface area contributed by atoms with Gasteiger partial charge in [0, 0.05) is 0 Å². The van der Waals surface area contributed by atoms with Crippen LogP contribution in [0.1, 0.15) is 0 Å². The molecule has 14 heavy (non-hydrogen) atoms. The van der Waals surface area contributed by atoms with E-state index in [2.05, 4.69) is 10.2 Å². The molecule has 0 aliphatic rings. The first-order valence-electron chi connectivity index (χ1n) is 3.72. The van der Waals surface area contributed by atoms with Gasteiger partial charge >= 0.3 is 0 Å². The molecule has 2 rings (SSSR count). The van der Waals surface area contributed by atoms with Crippen molar-refractivity contribution in [3.63, 3.8) is 0 Å². The number of rotatable bonds is 1. The summed E-state index contributed by atoms with van der Waals surface area (Å²) >= 11 is 6.93. The van der Waals surface area contributed by atoms with E-state index in [1.54, 1.807) is 6.07 Å². The fourth-order valence-electron chi connectivity index (χ4n) is 1.04. The number of hydrogen-bond donors (Lipinski definition) is 1. The molecule has 2 aromatic rings. The van der Waals surface area contributed by atoms with Gasteiger partial charge in [-0.2, -0.15) is 0 Å². The predicted octanol–water partition coefficient (Wildman–Crippen LogP) is 2.58. The van der Waals surface area contributed by atoms with Gasteiger partial charge in [-0.3, -0.25) is 0 Å². The summed E-state index contributed by atoms with van der Waals surface area (Å²) in [4.78, 5) is 0. The van der Waals surface area contributed by atoms with E-state index in [1.807, 2.05) is 0 Å². The SMILES string of the molecule is Nc1nnc(-c2c(F)cccc2Cl)s1. The molecule has 0 radical (unpaired) electrons. The fraction of sp³-hybridized carbons (Fsp3) is 0. The van der Waals surface area contributed by atoms with Gasteiger partial charge < -0.3 is 5.73 Å². The molecule has 0 bridgehead atoms. The zero-order valence-corrected chi connectivity index (χ0v) is 8.44. The maximum atomic E-state index is 13.4. The second kappa shape index (κ2) is 3.51. The Morgan fingerprint density at radius 3 is 2.71 bits per heavy atom. The number of nitrogen functional groups attached to an aromatic ring is 1. The quantitative estimate of drug-likeness (QED) is 0.818. The number of hydrogen-bond acceptors (Lipinski definition) is 4. The summed E-state index contributed by atoms with van der Waals surface area (Å²) in [6, 6.07) is 4.45. The maximum absolute atomic E-state index is 13.4. The minimum Gasteiger partial charge on any atom is -0.374 e. The van der Waals surface area contributed by atoms with Crippen LogP contribution in [-0.2, 0) is 0 Å². The van der Waals surface area contributed by atoms with Crippen molar-refractivity contribution in [2.24, 2.45) is 0 Å². The lowest BCUT2D eigenvalue weighted by atomic mass is 10.2. The Bertz CT molecular complexity index is 451. The summed E-state index contributed by atoms with van der Waals surface area (Å²) in [5.41, 5.74) is 5.65. The zero-order valence-electron chi connectivity index (χ0n) is 6.87. The zero-order chi connectivity index (χ0) is 10.1. The largest absolute Gasteiger partial charge is 0.374 e. The molecule has 2 N–H and O–H groups in total. The molecule has 0 atom stereocenters. The number of aromatic nitrogens is 2. The van der Waals surface area contributed by atoms with Crippen molar-refractivity contribution in [1.29, 1.82) is 0 Å². The van der Waals surface area contributed by atoms with E-state index in [1.165, 1.54) is 12.1 Å². The van der Waals surface area contributed by atoms with Crippen molar-refractivity contribution in [3.8, 4) is 10.6 Å². The third kappa shape index (κ3) is 1.56. The Labute approximate surface area is 88.3 Å². The highest BCUT2D eigenvalue weighted by Crippen LogP contribution is 2.32. The molecule has 3 nitrogen and oxygen atoms in total. The van der Waals surface area contributed by atoms with E-state index in [-0.39, 0.29) is 5.56 Å². The summed E-state index contributed by atoms with van der Waals surface area (Å²) in [6.45, 7) is 0. The van der Waals surface area contributed by atoms with Crippen LogP contribution in [-0.4, -0.2) is 10.2 Å². The van der Waals surface area contributed by atoms with Gasteiger partial charge in [-0.05, 0) is 12.1 Å². The van der Waals surface area contributed by atoms with Gasteiger partial charge in [-0.1, -0.05) is 29.0 Å². The Morgan fingerprint density at radius 2 is 2.14 bits per heavy atom. The van der Waals surface area contributed by atoms with Crippen molar-refractivity contribution < 1.29 is 4.39 Å². The van der Waals surface area contributed by atoms with Crippen molar-refractivity contribution in [2.45, 2.75) is 0 Å². The number of anilines is 1. The Hall–Kier alpha value is -1.20. The molecule has 0 saturated carbocycles. The molecule has 0 unspecified atom stereocenters. The first kappa shape index (κ1) is 9.36. The van der Waals surface area contributed by atoms with E-state index in [0.29, 0.717) is 15.2 Å². The van der Waals surface area contributed by atoms with Gasteiger partial charge in [-0.25, -0.2) is 4.39 Å². The standard InChI is InChI=1S/C8H5ClFN3S/c9-4-2-1-3-5(10)6(4)7-12-13-8(11)14-7/h1-3H,(H2,11,13). The smallest absolute Gasteiger partial charge is 0.203 e. The van der Waals surface area contributed by atoms with Crippen LogP contribution in [0.3, 0.4) is 0 Å². The minimum absolute atomic E-state index is 0.253. The lowest BCUT2D eigenvalue weighted by Gasteiger charge is -1.99. The van der Waals surface area contributed by atoms with E-state index in [0.717, 1.165) is 11.3 Å². The maximum Gasteiger partial charge on any atom is 0.203 e. The first-order valence-corrected chi connectivity index (χ1v) is 4.91. The van der Waals surface area contributed by atoms with E-state index in [4.69, 9.17) is 17.3 Å². The van der Waals surface area contributed by atoms with Crippen LogP contribution in [0.4, 0.5) is 9.52 Å². The first-order chi connectivity index (χ1) is 6.68. The number of benzene rings is 1. The highest BCUT2D eigenvalue weighted by Gasteiger charge is 2.13. The van der Waals surface area contributed by atoms with Gasteiger partial charge in [0.05, 0.1) is 10.6 Å².